The molecule has 1 aromatic rings. The van der Waals surface area contributed by atoms with Crippen LogP contribution >= 0.6 is 11.6 Å². The standard InChI is InChI=1S/C11H13ClFN/c12-10-4-2-1-3-8(10)9-5-6-14-7-11(9)13/h1-4,9,11,14H,5-7H2. The van der Waals surface area contributed by atoms with Gasteiger partial charge in [0.05, 0.1) is 0 Å². The molecule has 14 heavy (non-hydrogen) atoms. The van der Waals surface area contributed by atoms with Crippen LogP contribution in [-0.2, 0) is 0 Å². The van der Waals surface area contributed by atoms with Crippen LogP contribution in [-0.4, -0.2) is 19.3 Å². The minimum Gasteiger partial charge on any atom is -0.314 e. The molecule has 76 valence electrons. The third-order valence-corrected chi connectivity index (χ3v) is 3.06. The SMILES string of the molecule is FC1CNCCC1c1ccccc1Cl. The quantitative estimate of drug-likeness (QED) is 0.757. The van der Waals surface area contributed by atoms with Gasteiger partial charge in [0.25, 0.3) is 0 Å². The summed E-state index contributed by atoms with van der Waals surface area (Å²) in [6.45, 7) is 1.31. The number of hydrogen-bond donors (Lipinski definition) is 1. The maximum atomic E-state index is 13.6. The first kappa shape index (κ1) is 9.94. The Morgan fingerprint density at radius 3 is 2.86 bits per heavy atom. The Bertz CT molecular complexity index is 316. The van der Waals surface area contributed by atoms with Gasteiger partial charge in [0.2, 0.25) is 0 Å². The first-order chi connectivity index (χ1) is 6.79. The molecule has 1 heterocycles. The molecule has 0 radical (unpaired) electrons. The summed E-state index contributed by atoms with van der Waals surface area (Å²) in [6, 6.07) is 7.53. The molecule has 2 rings (SSSR count). The van der Waals surface area contributed by atoms with E-state index >= 15 is 0 Å². The molecular formula is C11H13ClFN. The molecule has 0 aromatic heterocycles. The van der Waals surface area contributed by atoms with Gasteiger partial charge in [-0.1, -0.05) is 29.8 Å². The molecule has 1 aromatic carbocycles. The Morgan fingerprint density at radius 1 is 1.36 bits per heavy atom. The van der Waals surface area contributed by atoms with Crippen molar-refractivity contribution in [2.24, 2.45) is 0 Å². The van der Waals surface area contributed by atoms with Crippen LogP contribution in [0.2, 0.25) is 5.02 Å². The van der Waals surface area contributed by atoms with E-state index in [0.717, 1.165) is 18.5 Å². The van der Waals surface area contributed by atoms with Crippen LogP contribution in [0.4, 0.5) is 4.39 Å². The van der Waals surface area contributed by atoms with Gasteiger partial charge < -0.3 is 5.32 Å². The summed E-state index contributed by atoms with van der Waals surface area (Å²) in [6.07, 6.45) is 0.00824. The molecule has 1 aliphatic rings. The molecule has 1 fully saturated rings. The second-order valence-corrected chi connectivity index (χ2v) is 4.04. The van der Waals surface area contributed by atoms with E-state index in [9.17, 15) is 4.39 Å². The minimum absolute atomic E-state index is 0.0371. The molecule has 2 unspecified atom stereocenters. The Hall–Kier alpha value is -0.600. The molecule has 1 aliphatic heterocycles. The fourth-order valence-electron chi connectivity index (χ4n) is 1.95. The van der Waals surface area contributed by atoms with Crippen LogP contribution in [0.3, 0.4) is 0 Å². The fraction of sp³-hybridized carbons (Fsp3) is 0.455. The van der Waals surface area contributed by atoms with E-state index in [2.05, 4.69) is 5.32 Å². The van der Waals surface area contributed by atoms with E-state index in [0.29, 0.717) is 11.6 Å². The van der Waals surface area contributed by atoms with Crippen molar-refractivity contribution in [2.45, 2.75) is 18.5 Å². The smallest absolute Gasteiger partial charge is 0.119 e. The monoisotopic (exact) mass is 213 g/mol. The molecular weight excluding hydrogens is 201 g/mol. The Morgan fingerprint density at radius 2 is 2.14 bits per heavy atom. The molecule has 0 aliphatic carbocycles. The van der Waals surface area contributed by atoms with Crippen molar-refractivity contribution in [3.63, 3.8) is 0 Å². The zero-order valence-electron chi connectivity index (χ0n) is 7.84. The molecule has 1 nitrogen and oxygen atoms in total. The number of halogens is 2. The number of nitrogens with one attached hydrogen (secondary N) is 1. The highest BCUT2D eigenvalue weighted by Crippen LogP contribution is 2.32. The largest absolute Gasteiger partial charge is 0.314 e. The molecule has 1 saturated heterocycles. The van der Waals surface area contributed by atoms with Crippen molar-refractivity contribution in [2.75, 3.05) is 13.1 Å². The highest BCUT2D eigenvalue weighted by Gasteiger charge is 2.27. The molecule has 2 atom stereocenters. The van der Waals surface area contributed by atoms with Crippen molar-refractivity contribution >= 4 is 11.6 Å². The Balaban J connectivity index is 2.25. The van der Waals surface area contributed by atoms with E-state index in [-0.39, 0.29) is 5.92 Å². The average molecular weight is 214 g/mol. The lowest BCUT2D eigenvalue weighted by molar-refractivity contribution is 0.231. The zero-order chi connectivity index (χ0) is 9.97. The first-order valence-corrected chi connectivity index (χ1v) is 5.26. The van der Waals surface area contributed by atoms with Crippen LogP contribution in [0.25, 0.3) is 0 Å². The molecule has 3 heteroatoms. The molecule has 0 amide bonds. The molecule has 0 spiro atoms. The Kier molecular flexibility index (Phi) is 3.04. The van der Waals surface area contributed by atoms with E-state index < -0.39 is 6.17 Å². The predicted molar refractivity (Wildman–Crippen MR) is 56.6 cm³/mol. The van der Waals surface area contributed by atoms with Gasteiger partial charge in [-0.05, 0) is 24.6 Å². The van der Waals surface area contributed by atoms with Crippen molar-refractivity contribution in [1.82, 2.24) is 5.32 Å². The zero-order valence-corrected chi connectivity index (χ0v) is 8.60. The van der Waals surface area contributed by atoms with Crippen LogP contribution in [0.5, 0.6) is 0 Å². The summed E-state index contributed by atoms with van der Waals surface area (Å²) in [5.74, 6) is -0.0371. The molecule has 0 bridgehead atoms. The summed E-state index contributed by atoms with van der Waals surface area (Å²) >= 11 is 6.04. The highest BCUT2D eigenvalue weighted by molar-refractivity contribution is 6.31. The summed E-state index contributed by atoms with van der Waals surface area (Å²) < 4.78 is 13.6. The average Bonchev–Trinajstić information content (AvgIpc) is 2.20. The highest BCUT2D eigenvalue weighted by atomic mass is 35.5. The second-order valence-electron chi connectivity index (χ2n) is 3.64. The first-order valence-electron chi connectivity index (χ1n) is 4.88. The lowest BCUT2D eigenvalue weighted by Crippen LogP contribution is -2.36. The normalized spacial score (nSPS) is 27.6. The van der Waals surface area contributed by atoms with Gasteiger partial charge >= 0.3 is 0 Å². The number of rotatable bonds is 1. The summed E-state index contributed by atoms with van der Waals surface area (Å²) in [5.41, 5.74) is 0.947. The lowest BCUT2D eigenvalue weighted by atomic mass is 9.89. The summed E-state index contributed by atoms with van der Waals surface area (Å²) in [4.78, 5) is 0. The maximum Gasteiger partial charge on any atom is 0.119 e. The predicted octanol–water partition coefficient (Wildman–Crippen LogP) is 2.76. The van der Waals surface area contributed by atoms with Crippen molar-refractivity contribution in [3.05, 3.63) is 34.9 Å². The van der Waals surface area contributed by atoms with E-state index in [4.69, 9.17) is 11.6 Å². The lowest BCUT2D eigenvalue weighted by Gasteiger charge is -2.27. The summed E-state index contributed by atoms with van der Waals surface area (Å²) in [7, 11) is 0. The van der Waals surface area contributed by atoms with Gasteiger partial charge in [-0.2, -0.15) is 0 Å². The number of alkyl halides is 1. The minimum atomic E-state index is -0.816. The van der Waals surface area contributed by atoms with E-state index in [1.54, 1.807) is 0 Å². The number of benzene rings is 1. The molecule has 1 N–H and O–H groups in total. The topological polar surface area (TPSA) is 12.0 Å². The van der Waals surface area contributed by atoms with Gasteiger partial charge in [0.1, 0.15) is 6.17 Å². The second kappa shape index (κ2) is 4.28. The van der Waals surface area contributed by atoms with Gasteiger partial charge in [0, 0.05) is 17.5 Å². The van der Waals surface area contributed by atoms with Gasteiger partial charge in [-0.15, -0.1) is 0 Å². The molecule has 0 saturated carbocycles. The number of hydrogen-bond acceptors (Lipinski definition) is 1. The van der Waals surface area contributed by atoms with E-state index in [1.807, 2.05) is 24.3 Å². The third kappa shape index (κ3) is 1.91. The van der Waals surface area contributed by atoms with Crippen molar-refractivity contribution in [1.29, 1.82) is 0 Å². The van der Waals surface area contributed by atoms with Gasteiger partial charge in [-0.25, -0.2) is 4.39 Å². The van der Waals surface area contributed by atoms with Gasteiger partial charge in [-0.3, -0.25) is 0 Å². The van der Waals surface area contributed by atoms with E-state index in [1.165, 1.54) is 0 Å². The van der Waals surface area contributed by atoms with Gasteiger partial charge in [0.15, 0.2) is 0 Å². The Labute approximate surface area is 88.3 Å². The van der Waals surface area contributed by atoms with Crippen molar-refractivity contribution in [3.8, 4) is 0 Å². The van der Waals surface area contributed by atoms with Crippen LogP contribution in [0.15, 0.2) is 24.3 Å². The number of piperidine rings is 1. The van der Waals surface area contributed by atoms with Crippen LogP contribution < -0.4 is 5.32 Å². The third-order valence-electron chi connectivity index (χ3n) is 2.71. The van der Waals surface area contributed by atoms with Crippen LogP contribution in [0.1, 0.15) is 17.9 Å². The summed E-state index contributed by atoms with van der Waals surface area (Å²) in [5, 5.41) is 3.72. The maximum absolute atomic E-state index is 13.6. The van der Waals surface area contributed by atoms with Crippen molar-refractivity contribution < 1.29 is 4.39 Å². The van der Waals surface area contributed by atoms with Crippen LogP contribution in [0, 0.1) is 0 Å². The fourth-order valence-corrected chi connectivity index (χ4v) is 2.22.